The quantitative estimate of drug-likeness (QED) is 0.0197. The van der Waals surface area contributed by atoms with Crippen molar-refractivity contribution in [3.05, 3.63) is 12.2 Å². The summed E-state index contributed by atoms with van der Waals surface area (Å²) in [6, 6.07) is 0. The Hall–Kier alpha value is -1.78. The van der Waals surface area contributed by atoms with Crippen LogP contribution in [0.5, 0.6) is 0 Å². The van der Waals surface area contributed by atoms with E-state index < -0.39 is 57.8 Å². The fraction of sp³-hybridized carbons (Fsp3) is 0.919. The van der Waals surface area contributed by atoms with E-state index in [1.807, 2.05) is 0 Å². The molecular formula is C62H119O11P. The maximum atomic E-state index is 12.9. The summed E-state index contributed by atoms with van der Waals surface area (Å²) in [5.74, 6) is -1.44. The second-order valence-corrected chi connectivity index (χ2v) is 23.0. The fourth-order valence-corrected chi connectivity index (χ4v) is 10.1. The number of esters is 3. The van der Waals surface area contributed by atoms with Gasteiger partial charge in [-0.25, -0.2) is 4.57 Å². The molecule has 0 aromatic rings. The second-order valence-electron chi connectivity index (χ2n) is 21.6. The smallest absolute Gasteiger partial charge is 0.462 e. The monoisotopic (exact) mass is 1070 g/mol. The highest BCUT2D eigenvalue weighted by Gasteiger charge is 2.28. The second kappa shape index (κ2) is 57.4. The predicted molar refractivity (Wildman–Crippen MR) is 307 cm³/mol. The molecule has 0 aliphatic carbocycles. The summed E-state index contributed by atoms with van der Waals surface area (Å²) in [6.45, 7) is 4.68. The SMILES string of the molecule is CCCC/C=C\CCCCCCCC(=O)OC(CO)COP(=O)(O)OCC(COC(=O)CCCCCCCCCCCCCCCCCCCCC)OC(=O)CCCCCCCCCCCCCCCCCCC. The Morgan fingerprint density at radius 3 is 0.973 bits per heavy atom. The number of allylic oxidation sites excluding steroid dienone is 2. The van der Waals surface area contributed by atoms with E-state index in [0.29, 0.717) is 19.3 Å². The number of hydrogen-bond donors (Lipinski definition) is 2. The van der Waals surface area contributed by atoms with E-state index in [-0.39, 0.29) is 25.9 Å². The number of unbranched alkanes of at least 4 members (excludes halogenated alkanes) is 41. The molecule has 0 saturated heterocycles. The molecule has 0 saturated carbocycles. The molecule has 0 aliphatic heterocycles. The van der Waals surface area contributed by atoms with E-state index in [1.165, 1.54) is 193 Å². The van der Waals surface area contributed by atoms with Gasteiger partial charge in [0, 0.05) is 19.3 Å². The first-order valence-corrected chi connectivity index (χ1v) is 33.1. The molecule has 0 radical (unpaired) electrons. The summed E-state index contributed by atoms with van der Waals surface area (Å²) in [5, 5.41) is 9.81. The molecule has 0 aromatic carbocycles. The molecule has 3 atom stereocenters. The highest BCUT2D eigenvalue weighted by atomic mass is 31.2. The number of carbonyl (C=O) groups excluding carboxylic acids is 3. The highest BCUT2D eigenvalue weighted by molar-refractivity contribution is 7.47. The summed E-state index contributed by atoms with van der Waals surface area (Å²) in [5.41, 5.74) is 0. The Balaban J connectivity index is 4.63. The molecule has 0 spiro atoms. The third-order valence-electron chi connectivity index (χ3n) is 14.2. The van der Waals surface area contributed by atoms with Crippen molar-refractivity contribution in [2.45, 2.75) is 341 Å². The van der Waals surface area contributed by atoms with Gasteiger partial charge in [0.2, 0.25) is 0 Å². The Morgan fingerprint density at radius 1 is 0.365 bits per heavy atom. The molecule has 3 unspecified atom stereocenters. The first-order chi connectivity index (χ1) is 36.2. The number of aliphatic hydroxyl groups excluding tert-OH is 1. The number of carbonyl (C=O) groups is 3. The molecule has 12 heteroatoms. The lowest BCUT2D eigenvalue weighted by atomic mass is 10.0. The van der Waals surface area contributed by atoms with Crippen LogP contribution in [0.2, 0.25) is 0 Å². The third kappa shape index (κ3) is 55.0. The minimum absolute atomic E-state index is 0.172. The van der Waals surface area contributed by atoms with Gasteiger partial charge >= 0.3 is 25.7 Å². The summed E-state index contributed by atoms with van der Waals surface area (Å²) in [7, 11) is -4.74. The maximum absolute atomic E-state index is 12.9. The van der Waals surface area contributed by atoms with Gasteiger partial charge in [-0.3, -0.25) is 23.4 Å². The van der Waals surface area contributed by atoms with Gasteiger partial charge in [0.05, 0.1) is 19.8 Å². The molecule has 74 heavy (non-hydrogen) atoms. The fourth-order valence-electron chi connectivity index (χ4n) is 9.34. The summed E-state index contributed by atoms with van der Waals surface area (Å²) < 4.78 is 39.6. The zero-order valence-electron chi connectivity index (χ0n) is 48.6. The molecule has 2 N–H and O–H groups in total. The van der Waals surface area contributed by atoms with Gasteiger partial charge in [-0.05, 0) is 38.5 Å². The van der Waals surface area contributed by atoms with Gasteiger partial charge in [-0.2, -0.15) is 0 Å². The summed E-state index contributed by atoms with van der Waals surface area (Å²) in [4.78, 5) is 48.6. The van der Waals surface area contributed by atoms with Crippen LogP contribution in [0.3, 0.4) is 0 Å². The van der Waals surface area contributed by atoms with E-state index in [0.717, 1.165) is 77.0 Å². The van der Waals surface area contributed by atoms with Crippen LogP contribution in [0, 0.1) is 0 Å². The van der Waals surface area contributed by atoms with Gasteiger partial charge < -0.3 is 24.2 Å². The van der Waals surface area contributed by atoms with Crippen LogP contribution in [0.15, 0.2) is 12.2 Å². The van der Waals surface area contributed by atoms with Gasteiger partial charge in [0.1, 0.15) is 12.7 Å². The zero-order valence-corrected chi connectivity index (χ0v) is 49.5. The van der Waals surface area contributed by atoms with Crippen LogP contribution >= 0.6 is 7.82 Å². The average Bonchev–Trinajstić information content (AvgIpc) is 3.39. The van der Waals surface area contributed by atoms with Crippen molar-refractivity contribution in [3.63, 3.8) is 0 Å². The van der Waals surface area contributed by atoms with E-state index >= 15 is 0 Å². The maximum Gasteiger partial charge on any atom is 0.472 e. The Kier molecular flexibility index (Phi) is 56.0. The lowest BCUT2D eigenvalue weighted by Gasteiger charge is -2.21. The molecule has 0 bridgehead atoms. The number of phosphoric ester groups is 1. The van der Waals surface area contributed by atoms with Crippen LogP contribution in [0.1, 0.15) is 329 Å². The van der Waals surface area contributed by atoms with Gasteiger partial charge in [-0.15, -0.1) is 0 Å². The van der Waals surface area contributed by atoms with Gasteiger partial charge in [0.15, 0.2) is 6.10 Å². The highest BCUT2D eigenvalue weighted by Crippen LogP contribution is 2.43. The Bertz CT molecular complexity index is 1290. The van der Waals surface area contributed by atoms with Crippen molar-refractivity contribution in [1.82, 2.24) is 0 Å². The van der Waals surface area contributed by atoms with E-state index in [4.69, 9.17) is 23.3 Å². The Morgan fingerprint density at radius 2 is 0.635 bits per heavy atom. The number of ether oxygens (including phenoxy) is 3. The topological polar surface area (TPSA) is 155 Å². The lowest BCUT2D eigenvalue weighted by molar-refractivity contribution is -0.161. The minimum atomic E-state index is -4.74. The Labute approximate surface area is 456 Å². The summed E-state index contributed by atoms with van der Waals surface area (Å²) >= 11 is 0. The van der Waals surface area contributed by atoms with Crippen LogP contribution < -0.4 is 0 Å². The molecule has 0 rings (SSSR count). The number of hydrogen-bond acceptors (Lipinski definition) is 10. The molecule has 0 aliphatic rings. The largest absolute Gasteiger partial charge is 0.472 e. The number of phosphoric acid groups is 1. The third-order valence-corrected chi connectivity index (χ3v) is 15.1. The van der Waals surface area contributed by atoms with Gasteiger partial charge in [-0.1, -0.05) is 283 Å². The molecule has 0 aromatic heterocycles. The lowest BCUT2D eigenvalue weighted by Crippen LogP contribution is -2.30. The molecule has 0 heterocycles. The molecule has 11 nitrogen and oxygen atoms in total. The van der Waals surface area contributed by atoms with Crippen molar-refractivity contribution < 1.29 is 52.2 Å². The standard InChI is InChI=1S/C62H119O11P/c1-4-7-10-13-16-19-22-24-26-28-29-31-32-34-37-39-42-45-48-51-60(64)69-55-59(73-62(66)53-50-47-44-41-38-35-33-30-27-25-23-20-17-14-11-8-5-2)57-71-74(67,68)70-56-58(54-63)72-61(65)52-49-46-43-40-36-21-18-15-12-9-6-3/h15,18,58-59,63H,4-14,16-17,19-57H2,1-3H3,(H,67,68)/b18-15-. The molecule has 438 valence electrons. The van der Waals surface area contributed by atoms with Crippen LogP contribution in [0.4, 0.5) is 0 Å². The van der Waals surface area contributed by atoms with Crippen molar-refractivity contribution >= 4 is 25.7 Å². The van der Waals surface area contributed by atoms with Crippen LogP contribution in [-0.4, -0.2) is 66.5 Å². The van der Waals surface area contributed by atoms with Crippen molar-refractivity contribution in [1.29, 1.82) is 0 Å². The van der Waals surface area contributed by atoms with E-state index in [2.05, 4.69) is 32.9 Å². The van der Waals surface area contributed by atoms with Gasteiger partial charge in [0.25, 0.3) is 0 Å². The molecular weight excluding hydrogens is 952 g/mol. The molecule has 0 fully saturated rings. The van der Waals surface area contributed by atoms with E-state index in [1.54, 1.807) is 0 Å². The van der Waals surface area contributed by atoms with Crippen LogP contribution in [-0.2, 0) is 42.2 Å². The average molecular weight is 1070 g/mol. The number of rotatable bonds is 60. The van der Waals surface area contributed by atoms with Crippen molar-refractivity contribution in [3.8, 4) is 0 Å². The first kappa shape index (κ1) is 72.2. The normalized spacial score (nSPS) is 13.3. The van der Waals surface area contributed by atoms with Crippen molar-refractivity contribution in [2.24, 2.45) is 0 Å². The summed E-state index contributed by atoms with van der Waals surface area (Å²) in [6.07, 6.45) is 57.4. The van der Waals surface area contributed by atoms with E-state index in [9.17, 15) is 28.9 Å². The van der Waals surface area contributed by atoms with Crippen LogP contribution in [0.25, 0.3) is 0 Å². The minimum Gasteiger partial charge on any atom is -0.462 e. The first-order valence-electron chi connectivity index (χ1n) is 31.6. The zero-order chi connectivity index (χ0) is 54.1. The predicted octanol–water partition coefficient (Wildman–Crippen LogP) is 18.8. The number of aliphatic hydroxyl groups is 1. The molecule has 0 amide bonds. The van der Waals surface area contributed by atoms with Crippen molar-refractivity contribution in [2.75, 3.05) is 26.4 Å².